The molecule has 9 heteroatoms. The van der Waals surface area contributed by atoms with Gasteiger partial charge in [-0.05, 0) is 65.9 Å². The SMILES string of the molecule is N#Cc1cc(SNC2NC=CS2)ccc1Oc1ccc(-c2cccnc2)nc1-c1ccoc1. The van der Waals surface area contributed by atoms with Crippen molar-refractivity contribution in [3.63, 3.8) is 0 Å². The molecule has 1 aromatic carbocycles. The number of benzene rings is 1. The summed E-state index contributed by atoms with van der Waals surface area (Å²) < 4.78 is 14.7. The Morgan fingerprint density at radius 1 is 1.15 bits per heavy atom. The maximum atomic E-state index is 9.72. The van der Waals surface area contributed by atoms with Crippen LogP contribution in [0.4, 0.5) is 0 Å². The van der Waals surface area contributed by atoms with E-state index in [1.807, 2.05) is 48.0 Å². The second-order valence-corrected chi connectivity index (χ2v) is 8.80. The van der Waals surface area contributed by atoms with Crippen molar-refractivity contribution < 1.29 is 9.15 Å². The predicted octanol–water partition coefficient (Wildman–Crippen LogP) is 5.76. The van der Waals surface area contributed by atoms with Gasteiger partial charge in [0.15, 0.2) is 5.75 Å². The van der Waals surface area contributed by atoms with Gasteiger partial charge in [0, 0.05) is 34.6 Å². The van der Waals surface area contributed by atoms with Gasteiger partial charge in [-0.3, -0.25) is 4.98 Å². The van der Waals surface area contributed by atoms with Crippen molar-refractivity contribution in [2.45, 2.75) is 10.4 Å². The molecule has 7 nitrogen and oxygen atoms in total. The average molecular weight is 472 g/mol. The van der Waals surface area contributed by atoms with Crippen LogP contribution in [0.15, 0.2) is 94.4 Å². The first-order valence-electron chi connectivity index (χ1n) is 9.95. The lowest BCUT2D eigenvalue weighted by Crippen LogP contribution is -2.28. The van der Waals surface area contributed by atoms with Gasteiger partial charge in [-0.2, -0.15) is 5.26 Å². The highest BCUT2D eigenvalue weighted by molar-refractivity contribution is 8.04. The second kappa shape index (κ2) is 9.83. The third-order valence-corrected chi connectivity index (χ3v) is 6.53. The number of nitriles is 1. The molecule has 0 saturated carbocycles. The van der Waals surface area contributed by atoms with Gasteiger partial charge in [-0.25, -0.2) is 9.71 Å². The van der Waals surface area contributed by atoms with E-state index in [1.165, 1.54) is 11.9 Å². The Kier molecular flexibility index (Phi) is 6.30. The molecule has 2 N–H and O–H groups in total. The molecule has 1 aliphatic heterocycles. The van der Waals surface area contributed by atoms with Gasteiger partial charge in [-0.1, -0.05) is 11.8 Å². The van der Waals surface area contributed by atoms with Gasteiger partial charge < -0.3 is 14.5 Å². The van der Waals surface area contributed by atoms with Crippen LogP contribution >= 0.6 is 23.7 Å². The van der Waals surface area contributed by atoms with Crippen LogP contribution in [-0.2, 0) is 0 Å². The van der Waals surface area contributed by atoms with Crippen LogP contribution in [0.2, 0.25) is 0 Å². The van der Waals surface area contributed by atoms with Crippen LogP contribution in [0.25, 0.3) is 22.5 Å². The standard InChI is InChI=1S/C24H17N5O2S2/c25-13-18-12-19(33-29-24-27-9-11-32-24)3-5-21(18)31-22-6-4-20(16-2-1-8-26-14-16)28-23(22)17-7-10-30-15-17/h1-12,14-15,24,27,29H. The number of hydrogen-bond acceptors (Lipinski definition) is 9. The monoisotopic (exact) mass is 471 g/mol. The molecule has 1 unspecified atom stereocenters. The molecule has 0 saturated heterocycles. The summed E-state index contributed by atoms with van der Waals surface area (Å²) in [6.45, 7) is 0. The molecule has 162 valence electrons. The zero-order chi connectivity index (χ0) is 22.5. The van der Waals surface area contributed by atoms with Crippen LogP contribution in [0, 0.1) is 11.3 Å². The molecule has 0 fully saturated rings. The van der Waals surface area contributed by atoms with E-state index in [1.54, 1.807) is 48.8 Å². The lowest BCUT2D eigenvalue weighted by molar-refractivity contribution is 0.480. The third-order valence-electron chi connectivity index (χ3n) is 4.72. The maximum absolute atomic E-state index is 9.72. The fourth-order valence-electron chi connectivity index (χ4n) is 3.14. The molecule has 0 aliphatic carbocycles. The number of ether oxygens (including phenoxy) is 1. The lowest BCUT2D eigenvalue weighted by atomic mass is 10.1. The van der Waals surface area contributed by atoms with E-state index in [0.29, 0.717) is 22.8 Å². The molecule has 5 rings (SSSR count). The zero-order valence-corrected chi connectivity index (χ0v) is 18.8. The number of aromatic nitrogens is 2. The summed E-state index contributed by atoms with van der Waals surface area (Å²) in [5.74, 6) is 0.981. The Bertz CT molecular complexity index is 1310. The van der Waals surface area contributed by atoms with Gasteiger partial charge in [-0.15, -0.1) is 0 Å². The summed E-state index contributed by atoms with van der Waals surface area (Å²) in [6, 6.07) is 17.1. The van der Waals surface area contributed by atoms with Crippen molar-refractivity contribution in [1.29, 1.82) is 5.26 Å². The van der Waals surface area contributed by atoms with E-state index in [9.17, 15) is 5.26 Å². The molecular weight excluding hydrogens is 454 g/mol. The first-order chi connectivity index (χ1) is 16.3. The molecule has 4 heterocycles. The van der Waals surface area contributed by atoms with Gasteiger partial charge in [0.05, 0.1) is 23.8 Å². The molecule has 33 heavy (non-hydrogen) atoms. The van der Waals surface area contributed by atoms with E-state index in [4.69, 9.17) is 14.1 Å². The molecule has 0 bridgehead atoms. The summed E-state index contributed by atoms with van der Waals surface area (Å²) in [5, 5.41) is 14.9. The van der Waals surface area contributed by atoms with Crippen LogP contribution in [0.3, 0.4) is 0 Å². The van der Waals surface area contributed by atoms with E-state index in [0.717, 1.165) is 21.7 Å². The van der Waals surface area contributed by atoms with Crippen LogP contribution < -0.4 is 14.8 Å². The Morgan fingerprint density at radius 3 is 2.85 bits per heavy atom. The highest BCUT2D eigenvalue weighted by Crippen LogP contribution is 2.36. The number of pyridine rings is 2. The number of nitrogens with one attached hydrogen (secondary N) is 2. The molecular formula is C24H17N5O2S2. The summed E-state index contributed by atoms with van der Waals surface area (Å²) in [4.78, 5) is 9.87. The minimum atomic E-state index is 0.0957. The molecule has 4 aromatic rings. The number of hydrogen-bond donors (Lipinski definition) is 2. The van der Waals surface area contributed by atoms with Gasteiger partial charge in [0.1, 0.15) is 23.0 Å². The van der Waals surface area contributed by atoms with E-state index < -0.39 is 0 Å². The molecule has 3 aromatic heterocycles. The van der Waals surface area contributed by atoms with Crippen molar-refractivity contribution in [1.82, 2.24) is 20.0 Å². The highest BCUT2D eigenvalue weighted by atomic mass is 32.2. The topological polar surface area (TPSA) is 96.0 Å². The number of furan rings is 1. The summed E-state index contributed by atoms with van der Waals surface area (Å²) in [7, 11) is 0. The fraction of sp³-hybridized carbons (Fsp3) is 0.0417. The van der Waals surface area contributed by atoms with Crippen LogP contribution in [0.5, 0.6) is 11.5 Å². The summed E-state index contributed by atoms with van der Waals surface area (Å²) >= 11 is 3.10. The number of thioether (sulfide) groups is 1. The highest BCUT2D eigenvalue weighted by Gasteiger charge is 2.16. The summed E-state index contributed by atoms with van der Waals surface area (Å²) in [5.41, 5.74) is 3.58. The lowest BCUT2D eigenvalue weighted by Gasteiger charge is -2.14. The quantitative estimate of drug-likeness (QED) is 0.326. The molecule has 0 amide bonds. The second-order valence-electron chi connectivity index (χ2n) is 6.87. The number of rotatable bonds is 7. The van der Waals surface area contributed by atoms with Crippen molar-refractivity contribution in [3.05, 3.63) is 90.6 Å². The van der Waals surface area contributed by atoms with Crippen molar-refractivity contribution in [3.8, 4) is 40.1 Å². The normalized spacial score (nSPS) is 14.6. The fourth-order valence-corrected chi connectivity index (χ4v) is 4.61. The minimum absolute atomic E-state index is 0.0957. The maximum Gasteiger partial charge on any atom is 0.153 e. The van der Waals surface area contributed by atoms with Gasteiger partial charge in [0.2, 0.25) is 0 Å². The predicted molar refractivity (Wildman–Crippen MR) is 129 cm³/mol. The zero-order valence-electron chi connectivity index (χ0n) is 17.1. The van der Waals surface area contributed by atoms with Gasteiger partial charge >= 0.3 is 0 Å². The smallest absolute Gasteiger partial charge is 0.153 e. The molecule has 1 aliphatic rings. The first-order valence-corrected chi connectivity index (χ1v) is 11.7. The summed E-state index contributed by atoms with van der Waals surface area (Å²) in [6.07, 6.45) is 8.58. The molecule has 1 atom stereocenters. The van der Waals surface area contributed by atoms with Crippen molar-refractivity contribution in [2.24, 2.45) is 0 Å². The minimum Gasteiger partial charge on any atom is -0.472 e. The van der Waals surface area contributed by atoms with E-state index >= 15 is 0 Å². The molecule has 0 radical (unpaired) electrons. The van der Waals surface area contributed by atoms with Crippen LogP contribution in [0.1, 0.15) is 5.56 Å². The largest absolute Gasteiger partial charge is 0.472 e. The Balaban J connectivity index is 1.43. The van der Waals surface area contributed by atoms with Crippen molar-refractivity contribution in [2.75, 3.05) is 0 Å². The Labute approximate surface area is 199 Å². The third kappa shape index (κ3) is 4.88. The number of nitrogens with zero attached hydrogens (tertiary/aromatic N) is 3. The molecule has 0 spiro atoms. The van der Waals surface area contributed by atoms with Crippen molar-refractivity contribution >= 4 is 23.7 Å². The van der Waals surface area contributed by atoms with E-state index in [2.05, 4.69) is 21.1 Å². The first kappa shape index (κ1) is 21.2. The average Bonchev–Trinajstić information content (AvgIpc) is 3.59. The van der Waals surface area contributed by atoms with E-state index in [-0.39, 0.29) is 5.50 Å². The Morgan fingerprint density at radius 2 is 2.09 bits per heavy atom. The van der Waals surface area contributed by atoms with Gasteiger partial charge in [0.25, 0.3) is 0 Å². The van der Waals surface area contributed by atoms with Crippen LogP contribution in [-0.4, -0.2) is 15.5 Å². The Hall–Kier alpha value is -3.71.